The molecule has 1 fully saturated rings. The Bertz CT molecular complexity index is 736. The van der Waals surface area contributed by atoms with Crippen LogP contribution >= 0.6 is 7.52 Å². The van der Waals surface area contributed by atoms with Crippen molar-refractivity contribution in [2.45, 2.75) is 39.1 Å². The normalized spacial score (nSPS) is 24.2. The highest BCUT2D eigenvalue weighted by atomic mass is 31.2. The molecule has 3 atom stereocenters. The number of aromatic nitrogens is 2. The van der Waals surface area contributed by atoms with Crippen LogP contribution in [-0.2, 0) is 13.8 Å². The smallest absolute Gasteiger partial charge is 0.351 e. The molecule has 0 amide bonds. The van der Waals surface area contributed by atoms with Crippen LogP contribution in [0.25, 0.3) is 0 Å². The quantitative estimate of drug-likeness (QED) is 0.725. The number of nitrogens with zero attached hydrogens (tertiary/aromatic N) is 4. The summed E-state index contributed by atoms with van der Waals surface area (Å²) in [7, 11) is 0.580. The summed E-state index contributed by atoms with van der Waals surface area (Å²) in [6.07, 6.45) is 0.852. The number of aryl methyl sites for hydroxylation is 1. The topological polar surface area (TPSA) is 103 Å². The summed E-state index contributed by atoms with van der Waals surface area (Å²) >= 11 is 0. The standard InChI is InChI=1S/C16H30N5O4P/c1-11(2)20-8-13(10-24-26(6,23)19(4)5)25-14(9-20)21-7-12(3)15(17)18-16(21)22/h7,11,13-14H,8-10H2,1-6H3,(H2,17,18,22)/t13-,14+,26?/m0/s1. The van der Waals surface area contributed by atoms with Gasteiger partial charge in [-0.1, -0.05) is 0 Å². The first kappa shape index (κ1) is 21.1. The van der Waals surface area contributed by atoms with Crippen LogP contribution in [0, 0.1) is 6.92 Å². The molecular weight excluding hydrogens is 357 g/mol. The van der Waals surface area contributed by atoms with Gasteiger partial charge in [0.2, 0.25) is 0 Å². The third-order valence-corrected chi connectivity index (χ3v) is 6.70. The van der Waals surface area contributed by atoms with E-state index in [1.807, 2.05) is 0 Å². The van der Waals surface area contributed by atoms with Gasteiger partial charge in [0.1, 0.15) is 5.82 Å². The lowest BCUT2D eigenvalue weighted by molar-refractivity contribution is -0.139. The van der Waals surface area contributed by atoms with E-state index in [1.54, 1.807) is 38.6 Å². The molecular formula is C16H30N5O4P. The second-order valence-corrected chi connectivity index (χ2v) is 9.87. The molecule has 1 aliphatic rings. The van der Waals surface area contributed by atoms with E-state index in [4.69, 9.17) is 15.0 Å². The molecule has 1 aromatic heterocycles. The molecule has 10 heteroatoms. The van der Waals surface area contributed by atoms with E-state index in [0.29, 0.717) is 18.7 Å². The number of hydrogen-bond acceptors (Lipinski definition) is 7. The van der Waals surface area contributed by atoms with E-state index >= 15 is 0 Å². The van der Waals surface area contributed by atoms with Crippen molar-refractivity contribution in [2.75, 3.05) is 46.2 Å². The van der Waals surface area contributed by atoms with Gasteiger partial charge in [0, 0.05) is 37.6 Å². The molecule has 1 saturated heterocycles. The first-order valence-corrected chi connectivity index (χ1v) is 10.7. The van der Waals surface area contributed by atoms with Crippen molar-refractivity contribution in [2.24, 2.45) is 0 Å². The Morgan fingerprint density at radius 3 is 2.69 bits per heavy atom. The fourth-order valence-corrected chi connectivity index (χ4v) is 3.31. The van der Waals surface area contributed by atoms with E-state index in [1.165, 1.54) is 4.57 Å². The number of rotatable bonds is 6. The van der Waals surface area contributed by atoms with E-state index in [0.717, 1.165) is 0 Å². The maximum atomic E-state index is 12.4. The zero-order valence-corrected chi connectivity index (χ0v) is 17.3. The third kappa shape index (κ3) is 4.92. The molecule has 0 radical (unpaired) electrons. The number of nitrogen functional groups attached to an aromatic ring is 1. The minimum absolute atomic E-state index is 0.182. The molecule has 9 nitrogen and oxygen atoms in total. The Morgan fingerprint density at radius 1 is 1.46 bits per heavy atom. The molecule has 2 heterocycles. The lowest BCUT2D eigenvalue weighted by Gasteiger charge is -2.40. The summed E-state index contributed by atoms with van der Waals surface area (Å²) in [5.74, 6) is 0.223. The second-order valence-electron chi connectivity index (χ2n) is 7.21. The summed E-state index contributed by atoms with van der Waals surface area (Å²) in [4.78, 5) is 18.3. The molecule has 0 spiro atoms. The molecule has 2 N–H and O–H groups in total. The molecule has 148 valence electrons. The predicted octanol–water partition coefficient (Wildman–Crippen LogP) is 1.14. The highest BCUT2D eigenvalue weighted by Gasteiger charge is 2.32. The highest BCUT2D eigenvalue weighted by molar-refractivity contribution is 7.55. The zero-order chi connectivity index (χ0) is 19.6. The van der Waals surface area contributed by atoms with Crippen LogP contribution in [0.2, 0.25) is 0 Å². The van der Waals surface area contributed by atoms with Gasteiger partial charge in [0.25, 0.3) is 7.52 Å². The minimum Gasteiger partial charge on any atom is -0.383 e. The van der Waals surface area contributed by atoms with Gasteiger partial charge in [0.15, 0.2) is 6.23 Å². The van der Waals surface area contributed by atoms with Crippen molar-refractivity contribution >= 4 is 13.3 Å². The van der Waals surface area contributed by atoms with Gasteiger partial charge in [-0.2, -0.15) is 4.98 Å². The first-order chi connectivity index (χ1) is 12.0. The fourth-order valence-electron chi connectivity index (χ4n) is 2.63. The summed E-state index contributed by atoms with van der Waals surface area (Å²) < 4.78 is 27.2. The highest BCUT2D eigenvalue weighted by Crippen LogP contribution is 2.44. The molecule has 1 unspecified atom stereocenters. The molecule has 0 aliphatic carbocycles. The van der Waals surface area contributed by atoms with Crippen molar-refractivity contribution in [3.8, 4) is 0 Å². The maximum Gasteiger partial charge on any atom is 0.351 e. The second kappa shape index (κ2) is 8.19. The summed E-state index contributed by atoms with van der Waals surface area (Å²) in [5.41, 5.74) is 5.98. The lowest BCUT2D eigenvalue weighted by atomic mass is 10.2. The van der Waals surface area contributed by atoms with Gasteiger partial charge in [-0.15, -0.1) is 0 Å². The Labute approximate surface area is 154 Å². The summed E-state index contributed by atoms with van der Waals surface area (Å²) in [5, 5.41) is 0. The van der Waals surface area contributed by atoms with Crippen LogP contribution in [0.4, 0.5) is 5.82 Å². The Kier molecular flexibility index (Phi) is 6.63. The summed E-state index contributed by atoms with van der Waals surface area (Å²) in [6, 6.07) is 0.268. The van der Waals surface area contributed by atoms with Crippen LogP contribution in [0.5, 0.6) is 0 Å². The largest absolute Gasteiger partial charge is 0.383 e. The minimum atomic E-state index is -2.85. The van der Waals surface area contributed by atoms with E-state index in [2.05, 4.69) is 23.7 Å². The van der Waals surface area contributed by atoms with Gasteiger partial charge in [-0.3, -0.25) is 14.0 Å². The van der Waals surface area contributed by atoms with Crippen molar-refractivity contribution in [3.63, 3.8) is 0 Å². The van der Waals surface area contributed by atoms with Crippen LogP contribution in [-0.4, -0.2) is 71.7 Å². The number of anilines is 1. The van der Waals surface area contributed by atoms with Crippen molar-refractivity contribution in [3.05, 3.63) is 22.2 Å². The van der Waals surface area contributed by atoms with E-state index in [-0.39, 0.29) is 24.6 Å². The van der Waals surface area contributed by atoms with Gasteiger partial charge >= 0.3 is 5.69 Å². The maximum absolute atomic E-state index is 12.4. The van der Waals surface area contributed by atoms with Gasteiger partial charge in [-0.05, 0) is 34.9 Å². The van der Waals surface area contributed by atoms with Crippen LogP contribution in [0.1, 0.15) is 25.6 Å². The van der Waals surface area contributed by atoms with Crippen molar-refractivity contribution in [1.29, 1.82) is 0 Å². The van der Waals surface area contributed by atoms with E-state index < -0.39 is 19.4 Å². The lowest BCUT2D eigenvalue weighted by Crippen LogP contribution is -2.51. The van der Waals surface area contributed by atoms with Gasteiger partial charge in [0.05, 0.1) is 12.7 Å². The van der Waals surface area contributed by atoms with Crippen LogP contribution in [0.3, 0.4) is 0 Å². The van der Waals surface area contributed by atoms with Crippen LogP contribution < -0.4 is 11.4 Å². The van der Waals surface area contributed by atoms with Gasteiger partial charge in [-0.25, -0.2) is 9.46 Å². The average Bonchev–Trinajstić information content (AvgIpc) is 2.56. The molecule has 0 bridgehead atoms. The molecule has 0 aromatic carbocycles. The Hall–Kier alpha value is -1.25. The first-order valence-electron chi connectivity index (χ1n) is 8.66. The molecule has 1 aliphatic heterocycles. The Balaban J connectivity index is 2.21. The third-order valence-electron chi connectivity index (χ3n) is 4.62. The fraction of sp³-hybridized carbons (Fsp3) is 0.750. The van der Waals surface area contributed by atoms with Crippen LogP contribution in [0.15, 0.2) is 11.0 Å². The van der Waals surface area contributed by atoms with Crippen molar-refractivity contribution < 1.29 is 13.8 Å². The number of nitrogens with two attached hydrogens (primary N) is 1. The molecule has 0 saturated carbocycles. The van der Waals surface area contributed by atoms with Crippen molar-refractivity contribution in [1.82, 2.24) is 19.1 Å². The average molecular weight is 387 g/mol. The summed E-state index contributed by atoms with van der Waals surface area (Å²) in [6.45, 7) is 8.91. The molecule has 2 rings (SSSR count). The number of ether oxygens (including phenoxy) is 1. The zero-order valence-electron chi connectivity index (χ0n) is 16.4. The van der Waals surface area contributed by atoms with Gasteiger partial charge < -0.3 is 15.0 Å². The Morgan fingerprint density at radius 2 is 2.12 bits per heavy atom. The monoisotopic (exact) mass is 387 g/mol. The SMILES string of the molecule is Cc1cn([C@H]2CN(C(C)C)C[C@@H](COP(C)(=O)N(C)C)O2)c(=O)nc1N. The number of morpholine rings is 1. The molecule has 1 aromatic rings. The number of hydrogen-bond donors (Lipinski definition) is 1. The predicted molar refractivity (Wildman–Crippen MR) is 101 cm³/mol. The van der Waals surface area contributed by atoms with E-state index in [9.17, 15) is 9.36 Å². The molecule has 26 heavy (non-hydrogen) atoms.